The summed E-state index contributed by atoms with van der Waals surface area (Å²) in [6.45, 7) is 2.35. The van der Waals surface area contributed by atoms with Gasteiger partial charge in [-0.25, -0.2) is 4.98 Å². The van der Waals surface area contributed by atoms with Crippen LogP contribution in [0.4, 0.5) is 0 Å². The Labute approximate surface area is 139 Å². The van der Waals surface area contributed by atoms with Gasteiger partial charge in [0, 0.05) is 55.6 Å². The van der Waals surface area contributed by atoms with E-state index in [4.69, 9.17) is 21.7 Å². The molecule has 0 atom stereocenters. The number of nitrogens with zero attached hydrogens (tertiary/aromatic N) is 2. The van der Waals surface area contributed by atoms with Crippen LogP contribution < -0.4 is 9.47 Å². The van der Waals surface area contributed by atoms with Crippen LogP contribution in [-0.4, -0.2) is 40.7 Å². The van der Waals surface area contributed by atoms with E-state index in [1.807, 2.05) is 6.20 Å². The van der Waals surface area contributed by atoms with Crippen molar-refractivity contribution in [3.8, 4) is 17.2 Å². The molecular weight excluding hydrogens is 314 g/mol. The van der Waals surface area contributed by atoms with Crippen LogP contribution in [0.2, 0.25) is 0 Å². The molecule has 3 rings (SSSR count). The topological polar surface area (TPSA) is 70.6 Å². The fourth-order valence-corrected chi connectivity index (χ4v) is 3.07. The number of methoxy groups -OCH3 is 2. The highest BCUT2D eigenvalue weighted by molar-refractivity contribution is 7.71. The van der Waals surface area contributed by atoms with Gasteiger partial charge < -0.3 is 19.6 Å². The highest BCUT2D eigenvalue weighted by atomic mass is 32.1. The maximum atomic E-state index is 9.75. The number of hydrogen-bond donors (Lipinski definition) is 2. The lowest BCUT2D eigenvalue weighted by Gasteiger charge is -2.29. The Kier molecular flexibility index (Phi) is 4.49. The van der Waals surface area contributed by atoms with Crippen molar-refractivity contribution in [2.75, 3.05) is 20.8 Å². The second-order valence-corrected chi connectivity index (χ2v) is 5.87. The predicted molar refractivity (Wildman–Crippen MR) is 88.5 cm³/mol. The summed E-state index contributed by atoms with van der Waals surface area (Å²) in [5.41, 5.74) is 3.24. The summed E-state index contributed by atoms with van der Waals surface area (Å²) in [4.78, 5) is 9.61. The number of hydrogen-bond acceptors (Lipinski definition) is 6. The van der Waals surface area contributed by atoms with Crippen molar-refractivity contribution in [3.05, 3.63) is 39.9 Å². The number of benzene rings is 1. The van der Waals surface area contributed by atoms with Gasteiger partial charge in [-0.1, -0.05) is 0 Å². The first-order valence-electron chi connectivity index (χ1n) is 7.34. The molecule has 0 unspecified atom stereocenters. The average Bonchev–Trinajstić information content (AvgIpc) is 2.56. The summed E-state index contributed by atoms with van der Waals surface area (Å²) in [5, 5.41) is 9.75. The molecule has 122 valence electrons. The Morgan fingerprint density at radius 3 is 2.65 bits per heavy atom. The van der Waals surface area contributed by atoms with Crippen molar-refractivity contribution in [2.24, 2.45) is 0 Å². The Bertz CT molecular complexity index is 750. The number of aromatic amines is 1. The molecule has 1 aliphatic rings. The van der Waals surface area contributed by atoms with Gasteiger partial charge in [-0.05, 0) is 12.2 Å². The van der Waals surface area contributed by atoms with Crippen molar-refractivity contribution >= 4 is 12.2 Å². The maximum Gasteiger partial charge on any atom is 0.196 e. The summed E-state index contributed by atoms with van der Waals surface area (Å²) in [5.74, 6) is 1.37. The summed E-state index contributed by atoms with van der Waals surface area (Å²) in [7, 11) is 3.18. The maximum absolute atomic E-state index is 9.75. The lowest BCUT2D eigenvalue weighted by molar-refractivity contribution is 0.234. The second-order valence-electron chi connectivity index (χ2n) is 5.48. The van der Waals surface area contributed by atoms with Crippen molar-refractivity contribution in [1.82, 2.24) is 14.9 Å². The molecule has 0 saturated heterocycles. The van der Waals surface area contributed by atoms with E-state index in [9.17, 15) is 5.11 Å². The van der Waals surface area contributed by atoms with Crippen molar-refractivity contribution in [1.29, 1.82) is 0 Å². The minimum absolute atomic E-state index is 0.128. The van der Waals surface area contributed by atoms with Crippen LogP contribution in [0, 0.1) is 4.77 Å². The highest BCUT2D eigenvalue weighted by Crippen LogP contribution is 2.35. The molecule has 1 aromatic heterocycles. The van der Waals surface area contributed by atoms with Crippen LogP contribution in [-0.2, 0) is 19.5 Å². The monoisotopic (exact) mass is 333 g/mol. The van der Waals surface area contributed by atoms with Gasteiger partial charge in [0.2, 0.25) is 0 Å². The number of rotatable bonds is 4. The molecule has 0 spiro atoms. The highest BCUT2D eigenvalue weighted by Gasteiger charge is 2.21. The first kappa shape index (κ1) is 15.8. The minimum atomic E-state index is 0.128. The molecule has 0 aliphatic carbocycles. The number of ether oxygens (including phenoxy) is 2. The van der Waals surface area contributed by atoms with Crippen LogP contribution in [0.25, 0.3) is 0 Å². The first-order chi connectivity index (χ1) is 11.1. The molecule has 1 aliphatic heterocycles. The Morgan fingerprint density at radius 2 is 2.00 bits per heavy atom. The van der Waals surface area contributed by atoms with Crippen LogP contribution in [0.15, 0.2) is 18.3 Å². The number of phenolic OH excluding ortho intramolecular Hbond substituents is 1. The van der Waals surface area contributed by atoms with Crippen molar-refractivity contribution in [2.45, 2.75) is 19.5 Å². The molecule has 0 bridgehead atoms. The first-order valence-corrected chi connectivity index (χ1v) is 7.75. The summed E-state index contributed by atoms with van der Waals surface area (Å²) in [6.07, 6.45) is 2.73. The van der Waals surface area contributed by atoms with Gasteiger partial charge in [-0.3, -0.25) is 4.90 Å². The largest absolute Gasteiger partial charge is 0.508 e. The smallest absolute Gasteiger partial charge is 0.196 e. The van der Waals surface area contributed by atoms with E-state index in [2.05, 4.69) is 14.9 Å². The molecule has 2 aromatic rings. The van der Waals surface area contributed by atoms with Gasteiger partial charge >= 0.3 is 0 Å². The average molecular weight is 333 g/mol. The fraction of sp³-hybridized carbons (Fsp3) is 0.375. The Hall–Kier alpha value is -2.12. The van der Waals surface area contributed by atoms with E-state index in [-0.39, 0.29) is 5.75 Å². The number of nitrogens with one attached hydrogen (secondary N) is 1. The third-order valence-electron chi connectivity index (χ3n) is 4.03. The van der Waals surface area contributed by atoms with E-state index in [1.165, 1.54) is 0 Å². The molecule has 6 nitrogen and oxygen atoms in total. The third-order valence-corrected chi connectivity index (χ3v) is 4.24. The number of fused-ring (bicyclic) bond motifs is 1. The number of aromatic nitrogens is 2. The summed E-state index contributed by atoms with van der Waals surface area (Å²) in [6, 6.07) is 3.21. The van der Waals surface area contributed by atoms with Gasteiger partial charge in [0.05, 0.1) is 19.8 Å². The van der Waals surface area contributed by atoms with Gasteiger partial charge in [-0.15, -0.1) is 0 Å². The molecule has 1 aromatic carbocycles. The number of H-pyrrole nitrogens is 1. The van der Waals surface area contributed by atoms with Crippen LogP contribution in [0.5, 0.6) is 17.2 Å². The zero-order valence-electron chi connectivity index (χ0n) is 13.1. The SMILES string of the molecule is COc1cc(O)cc(OC)c1CN1CCc2[nH]c(=S)ncc2C1. The lowest BCUT2D eigenvalue weighted by Crippen LogP contribution is -2.31. The Balaban J connectivity index is 1.86. The summed E-state index contributed by atoms with van der Waals surface area (Å²) < 4.78 is 11.3. The predicted octanol–water partition coefficient (Wildman–Crippen LogP) is 2.42. The molecular formula is C16H19N3O3S. The van der Waals surface area contributed by atoms with E-state index in [0.717, 1.165) is 36.3 Å². The molecule has 2 N–H and O–H groups in total. The molecule has 0 fully saturated rings. The van der Waals surface area contributed by atoms with Crippen LogP contribution in [0.1, 0.15) is 16.8 Å². The van der Waals surface area contributed by atoms with Gasteiger partial charge in [0.15, 0.2) is 4.77 Å². The van der Waals surface area contributed by atoms with Gasteiger partial charge in [0.25, 0.3) is 0 Å². The molecule has 23 heavy (non-hydrogen) atoms. The van der Waals surface area contributed by atoms with E-state index < -0.39 is 0 Å². The normalized spacial score (nSPS) is 14.3. The van der Waals surface area contributed by atoms with Crippen LogP contribution in [0.3, 0.4) is 0 Å². The zero-order valence-corrected chi connectivity index (χ0v) is 13.9. The minimum Gasteiger partial charge on any atom is -0.508 e. The molecule has 0 amide bonds. The van der Waals surface area contributed by atoms with Gasteiger partial charge in [-0.2, -0.15) is 0 Å². The van der Waals surface area contributed by atoms with E-state index in [1.54, 1.807) is 26.4 Å². The third kappa shape index (κ3) is 3.30. The van der Waals surface area contributed by atoms with E-state index in [0.29, 0.717) is 22.8 Å². The van der Waals surface area contributed by atoms with Crippen LogP contribution >= 0.6 is 12.2 Å². The summed E-state index contributed by atoms with van der Waals surface area (Å²) >= 11 is 5.07. The molecule has 2 heterocycles. The Morgan fingerprint density at radius 1 is 1.30 bits per heavy atom. The standard InChI is InChI=1S/C16H19N3O3S/c1-21-14-5-11(20)6-15(22-2)12(14)9-19-4-3-13-10(8-19)7-17-16(23)18-13/h5-7,20H,3-4,8-9H2,1-2H3,(H,17,18,23). The van der Waals surface area contributed by atoms with Gasteiger partial charge in [0.1, 0.15) is 17.2 Å². The van der Waals surface area contributed by atoms with Crippen molar-refractivity contribution in [3.63, 3.8) is 0 Å². The van der Waals surface area contributed by atoms with E-state index >= 15 is 0 Å². The quantitative estimate of drug-likeness (QED) is 0.838. The zero-order chi connectivity index (χ0) is 16.4. The molecule has 0 saturated carbocycles. The number of aromatic hydroxyl groups is 1. The number of phenols is 1. The molecule has 7 heteroatoms. The molecule has 0 radical (unpaired) electrons. The fourth-order valence-electron chi connectivity index (χ4n) is 2.89. The second kappa shape index (κ2) is 6.55. The lowest BCUT2D eigenvalue weighted by atomic mass is 10.1. The van der Waals surface area contributed by atoms with Crippen molar-refractivity contribution < 1.29 is 14.6 Å².